The third-order valence-corrected chi connectivity index (χ3v) is 10.1. The maximum Gasteiger partial charge on any atom is 0.0859 e. The van der Waals surface area contributed by atoms with E-state index in [1.54, 1.807) is 0 Å². The minimum absolute atomic E-state index is 0.749. The SMILES string of the molecule is C=Cc1ccc2c(-c3ccc(-c4ccc5c(c4)N(c4ccccc4N=C)Cc4c-5ccc5ccccc45)cc3)ccc3ccc(=C)c1c32. The fraction of sp³-hybridized carbons (Fsp3) is 0.0217. The van der Waals surface area contributed by atoms with E-state index in [9.17, 15) is 0 Å². The van der Waals surface area contributed by atoms with Crippen molar-refractivity contribution in [2.45, 2.75) is 6.54 Å². The van der Waals surface area contributed by atoms with E-state index >= 15 is 0 Å². The molecule has 0 unspecified atom stereocenters. The van der Waals surface area contributed by atoms with Gasteiger partial charge in [-0.25, -0.2) is 0 Å². The Balaban J connectivity index is 1.17. The number of hydrogen-bond donors (Lipinski definition) is 0. The van der Waals surface area contributed by atoms with Crippen molar-refractivity contribution in [2.75, 3.05) is 4.90 Å². The predicted octanol–water partition coefficient (Wildman–Crippen LogP) is 11.9. The molecule has 0 amide bonds. The minimum Gasteiger partial charge on any atom is -0.335 e. The average molecular weight is 613 g/mol. The van der Waals surface area contributed by atoms with E-state index < -0.39 is 0 Å². The normalized spacial score (nSPS) is 12.3. The van der Waals surface area contributed by atoms with Crippen molar-refractivity contribution < 1.29 is 0 Å². The number of rotatable bonds is 5. The molecule has 226 valence electrons. The summed E-state index contributed by atoms with van der Waals surface area (Å²) < 4.78 is 0. The van der Waals surface area contributed by atoms with Gasteiger partial charge in [0.15, 0.2) is 0 Å². The Hall–Kier alpha value is -6.25. The number of fused-ring (bicyclic) bond motifs is 5. The molecule has 2 heteroatoms. The van der Waals surface area contributed by atoms with Crippen LogP contribution in [0.15, 0.2) is 151 Å². The number of nitrogens with zero attached hydrogens (tertiary/aromatic N) is 2. The largest absolute Gasteiger partial charge is 0.335 e. The van der Waals surface area contributed by atoms with Gasteiger partial charge in [0.25, 0.3) is 0 Å². The monoisotopic (exact) mass is 612 g/mol. The van der Waals surface area contributed by atoms with Gasteiger partial charge in [0.1, 0.15) is 0 Å². The predicted molar refractivity (Wildman–Crippen MR) is 208 cm³/mol. The lowest BCUT2D eigenvalue weighted by atomic mass is 9.87. The highest BCUT2D eigenvalue weighted by Crippen LogP contribution is 2.48. The molecule has 1 aliphatic rings. The summed E-state index contributed by atoms with van der Waals surface area (Å²) >= 11 is 0. The highest BCUT2D eigenvalue weighted by Gasteiger charge is 2.26. The smallest absolute Gasteiger partial charge is 0.0859 e. The van der Waals surface area contributed by atoms with E-state index in [1.165, 1.54) is 76.9 Å². The Morgan fingerprint density at radius 2 is 1.27 bits per heavy atom. The van der Waals surface area contributed by atoms with Crippen molar-refractivity contribution in [3.8, 4) is 33.4 Å². The Morgan fingerprint density at radius 3 is 2.12 bits per heavy atom. The van der Waals surface area contributed by atoms with Crippen LogP contribution in [-0.2, 0) is 6.54 Å². The third-order valence-electron chi connectivity index (χ3n) is 10.1. The molecule has 0 bridgehead atoms. The molecule has 1 aliphatic heterocycles. The zero-order chi connectivity index (χ0) is 32.4. The highest BCUT2D eigenvalue weighted by molar-refractivity contribution is 6.17. The molecule has 2 nitrogen and oxygen atoms in total. The first-order valence-electron chi connectivity index (χ1n) is 16.3. The van der Waals surface area contributed by atoms with Crippen LogP contribution >= 0.6 is 0 Å². The van der Waals surface area contributed by atoms with E-state index in [4.69, 9.17) is 0 Å². The van der Waals surface area contributed by atoms with Crippen LogP contribution in [-0.4, -0.2) is 6.72 Å². The van der Waals surface area contributed by atoms with Gasteiger partial charge in [0.2, 0.25) is 0 Å². The summed E-state index contributed by atoms with van der Waals surface area (Å²) in [4.78, 5) is 6.81. The van der Waals surface area contributed by atoms with Gasteiger partial charge in [0.05, 0.1) is 17.1 Å². The van der Waals surface area contributed by atoms with Crippen LogP contribution in [0.5, 0.6) is 0 Å². The fourth-order valence-corrected chi connectivity index (χ4v) is 7.72. The summed E-state index contributed by atoms with van der Waals surface area (Å²) in [6.45, 7) is 13.0. The van der Waals surface area contributed by atoms with Gasteiger partial charge < -0.3 is 4.90 Å². The van der Waals surface area contributed by atoms with E-state index in [0.717, 1.165) is 28.7 Å². The van der Waals surface area contributed by atoms with Crippen LogP contribution in [0.2, 0.25) is 0 Å². The standard InChI is InChI=1S/C46H32N2/c1-4-30-19-26-40-37(23-21-34-14-13-29(2)45(30)46(34)40)33-17-15-31(16-18-33)35-22-25-39-38-24-20-32-9-5-6-10-36(32)41(38)28-48(44(39)27-35)43-12-8-7-11-42(43)47-3/h4-27H,1-3,28H2. The van der Waals surface area contributed by atoms with Gasteiger partial charge in [-0.2, -0.15) is 0 Å². The lowest BCUT2D eigenvalue weighted by molar-refractivity contribution is 0.970. The maximum atomic E-state index is 4.41. The molecule has 0 saturated carbocycles. The quantitative estimate of drug-likeness (QED) is 0.177. The summed E-state index contributed by atoms with van der Waals surface area (Å²) in [5.74, 6) is 0. The maximum absolute atomic E-state index is 4.41. The van der Waals surface area contributed by atoms with Crippen molar-refractivity contribution in [1.29, 1.82) is 0 Å². The molecule has 0 aromatic heterocycles. The van der Waals surface area contributed by atoms with Crippen molar-refractivity contribution in [3.05, 3.63) is 162 Å². The second-order valence-corrected chi connectivity index (χ2v) is 12.6. The lowest BCUT2D eigenvalue weighted by Crippen LogP contribution is -2.22. The first-order chi connectivity index (χ1) is 23.6. The second-order valence-electron chi connectivity index (χ2n) is 12.6. The zero-order valence-electron chi connectivity index (χ0n) is 26.6. The van der Waals surface area contributed by atoms with Gasteiger partial charge in [-0.05, 0) is 101 Å². The Labute approximate surface area is 280 Å². The molecule has 0 aliphatic carbocycles. The molecule has 0 N–H and O–H groups in total. The molecule has 0 spiro atoms. The first-order valence-corrected chi connectivity index (χ1v) is 16.3. The average Bonchev–Trinajstić information content (AvgIpc) is 3.15. The number of para-hydroxylation sites is 2. The van der Waals surface area contributed by atoms with Crippen molar-refractivity contribution in [1.82, 2.24) is 0 Å². The summed E-state index contributed by atoms with van der Waals surface area (Å²) in [5, 5.41) is 8.45. The number of anilines is 2. The van der Waals surface area contributed by atoms with Crippen LogP contribution in [0.1, 0.15) is 11.1 Å². The molecule has 8 aromatic carbocycles. The van der Waals surface area contributed by atoms with E-state index in [-0.39, 0.29) is 0 Å². The molecular formula is C46H32N2. The van der Waals surface area contributed by atoms with Crippen LogP contribution in [0.4, 0.5) is 17.1 Å². The third kappa shape index (κ3) is 4.23. The summed E-state index contributed by atoms with van der Waals surface area (Å²) in [6, 6.07) is 50.5. The first kappa shape index (κ1) is 28.0. The van der Waals surface area contributed by atoms with Crippen LogP contribution in [0, 0.1) is 0 Å². The van der Waals surface area contributed by atoms with Gasteiger partial charge >= 0.3 is 0 Å². The summed E-state index contributed by atoms with van der Waals surface area (Å²) in [7, 11) is 0. The van der Waals surface area contributed by atoms with Crippen LogP contribution < -0.4 is 10.1 Å². The number of benzene rings is 8. The molecular weight excluding hydrogens is 581 g/mol. The van der Waals surface area contributed by atoms with E-state index in [0.29, 0.717) is 0 Å². The van der Waals surface area contributed by atoms with Gasteiger partial charge in [-0.15, -0.1) is 0 Å². The van der Waals surface area contributed by atoms with E-state index in [2.05, 4.69) is 157 Å². The van der Waals surface area contributed by atoms with Gasteiger partial charge in [-0.1, -0.05) is 141 Å². The fourth-order valence-electron chi connectivity index (χ4n) is 7.72. The van der Waals surface area contributed by atoms with Crippen LogP contribution in [0.25, 0.3) is 78.4 Å². The second kappa shape index (κ2) is 10.9. The zero-order valence-corrected chi connectivity index (χ0v) is 26.6. The molecule has 0 atom stereocenters. The highest BCUT2D eigenvalue weighted by atomic mass is 15.2. The molecule has 0 radical (unpaired) electrons. The summed E-state index contributed by atoms with van der Waals surface area (Å²) in [6.07, 6.45) is 1.93. The molecule has 0 saturated heterocycles. The molecule has 9 rings (SSSR count). The topological polar surface area (TPSA) is 15.6 Å². The minimum atomic E-state index is 0.749. The molecule has 0 fully saturated rings. The van der Waals surface area contributed by atoms with Crippen LogP contribution in [0.3, 0.4) is 0 Å². The van der Waals surface area contributed by atoms with Crippen molar-refractivity contribution >= 4 is 68.8 Å². The molecule has 1 heterocycles. The van der Waals surface area contributed by atoms with E-state index in [1.807, 2.05) is 18.2 Å². The van der Waals surface area contributed by atoms with Gasteiger partial charge in [-0.3, -0.25) is 4.99 Å². The van der Waals surface area contributed by atoms with Crippen molar-refractivity contribution in [2.24, 2.45) is 4.99 Å². The Bertz CT molecular complexity index is 2650. The number of aliphatic imine (C=N–C) groups is 1. The lowest BCUT2D eigenvalue weighted by Gasteiger charge is -2.34. The number of hydrogen-bond acceptors (Lipinski definition) is 2. The summed E-state index contributed by atoms with van der Waals surface area (Å²) in [5.41, 5.74) is 12.8. The molecule has 48 heavy (non-hydrogen) atoms. The van der Waals surface area contributed by atoms with Gasteiger partial charge in [0, 0.05) is 12.1 Å². The van der Waals surface area contributed by atoms with Crippen molar-refractivity contribution in [3.63, 3.8) is 0 Å². The Kier molecular flexibility index (Phi) is 6.38. The molecule has 8 aromatic rings. The Morgan fingerprint density at radius 1 is 0.562 bits per heavy atom.